The van der Waals surface area contributed by atoms with Crippen LogP contribution in [0.5, 0.6) is 0 Å². The van der Waals surface area contributed by atoms with E-state index in [0.29, 0.717) is 31.3 Å². The van der Waals surface area contributed by atoms with Gasteiger partial charge >= 0.3 is 5.97 Å². The summed E-state index contributed by atoms with van der Waals surface area (Å²) in [7, 11) is 0. The fourth-order valence-corrected chi connectivity index (χ4v) is 8.07. The van der Waals surface area contributed by atoms with E-state index in [2.05, 4.69) is 0 Å². The summed E-state index contributed by atoms with van der Waals surface area (Å²) in [5.41, 5.74) is -5.11. The maximum Gasteiger partial charge on any atom is 0.306 e. The van der Waals surface area contributed by atoms with Crippen LogP contribution >= 0.6 is 0 Å². The molecule has 6 nitrogen and oxygen atoms in total. The third kappa shape index (κ3) is 3.08. The first-order chi connectivity index (χ1) is 15.9. The Morgan fingerprint density at radius 1 is 1.26 bits per heavy atom. The minimum atomic E-state index is -2.03. The number of alkyl halides is 1. The highest BCUT2D eigenvalue weighted by atomic mass is 19.1. The average molecular weight is 477 g/mol. The van der Waals surface area contributed by atoms with E-state index in [9.17, 15) is 24.6 Å². The molecule has 0 bridgehead atoms. The van der Waals surface area contributed by atoms with E-state index in [0.717, 1.165) is 6.42 Å². The number of hydrogen-bond donors (Lipinski definition) is 2. The van der Waals surface area contributed by atoms with Gasteiger partial charge in [0.25, 0.3) is 0 Å². The first-order valence-corrected chi connectivity index (χ1v) is 12.6. The Bertz CT molecular complexity index is 957. The largest absolute Gasteiger partial charge is 0.450 e. The number of hydrogen-bond acceptors (Lipinski definition) is 6. The van der Waals surface area contributed by atoms with Gasteiger partial charge in [-0.1, -0.05) is 38.8 Å². The zero-order chi connectivity index (χ0) is 25.1. The van der Waals surface area contributed by atoms with Crippen molar-refractivity contribution in [3.63, 3.8) is 0 Å². The second-order valence-corrected chi connectivity index (χ2v) is 11.3. The SMILES string of the molecule is CCCCC(=O)O[C@]1(C(=O)CO)[C@@H](C)C[C@H]2[C@@H]3CCC4=CC(=O)C=C[C@]4(C)[C@@]3(F)C(O)C[C@@]21C. The molecule has 0 saturated heterocycles. The first kappa shape index (κ1) is 25.2. The minimum Gasteiger partial charge on any atom is -0.450 e. The summed E-state index contributed by atoms with van der Waals surface area (Å²) in [6.45, 7) is 6.55. The fraction of sp³-hybridized carbons (Fsp3) is 0.741. The Morgan fingerprint density at radius 3 is 2.62 bits per heavy atom. The molecule has 0 heterocycles. The average Bonchev–Trinajstić information content (AvgIpc) is 3.00. The van der Waals surface area contributed by atoms with Crippen molar-refractivity contribution in [2.75, 3.05) is 6.61 Å². The third-order valence-corrected chi connectivity index (χ3v) is 9.75. The predicted octanol–water partition coefficient (Wildman–Crippen LogP) is 3.64. The second-order valence-electron chi connectivity index (χ2n) is 11.3. The van der Waals surface area contributed by atoms with Crippen molar-refractivity contribution in [1.29, 1.82) is 0 Å². The zero-order valence-electron chi connectivity index (χ0n) is 20.6. The van der Waals surface area contributed by atoms with Crippen molar-refractivity contribution in [2.24, 2.45) is 28.6 Å². The van der Waals surface area contributed by atoms with Crippen LogP contribution in [-0.2, 0) is 19.1 Å². The molecule has 0 aliphatic heterocycles. The quantitative estimate of drug-likeness (QED) is 0.568. The van der Waals surface area contributed by atoms with Crippen LogP contribution < -0.4 is 0 Å². The van der Waals surface area contributed by atoms with E-state index in [1.165, 1.54) is 12.2 Å². The van der Waals surface area contributed by atoms with Gasteiger partial charge in [-0.2, -0.15) is 0 Å². The lowest BCUT2D eigenvalue weighted by Crippen LogP contribution is -2.70. The van der Waals surface area contributed by atoms with Crippen molar-refractivity contribution < 1.29 is 33.7 Å². The molecule has 8 atom stereocenters. The van der Waals surface area contributed by atoms with Crippen molar-refractivity contribution in [2.45, 2.75) is 90.0 Å². The van der Waals surface area contributed by atoms with Gasteiger partial charge in [-0.15, -0.1) is 0 Å². The zero-order valence-corrected chi connectivity index (χ0v) is 20.6. The third-order valence-electron chi connectivity index (χ3n) is 9.75. The molecule has 2 N–H and O–H groups in total. The topological polar surface area (TPSA) is 101 Å². The van der Waals surface area contributed by atoms with Crippen molar-refractivity contribution in [3.05, 3.63) is 23.8 Å². The van der Waals surface area contributed by atoms with E-state index in [4.69, 9.17) is 4.74 Å². The van der Waals surface area contributed by atoms with Crippen LogP contribution in [-0.4, -0.2) is 51.7 Å². The van der Waals surface area contributed by atoms with Gasteiger partial charge in [-0.25, -0.2) is 4.39 Å². The number of halogens is 1. The number of ether oxygens (including phenoxy) is 1. The standard InChI is InChI=1S/C27H37FO6/c1-5-6-7-23(33)34-27(22(32)15-29)16(2)12-20-19-9-8-17-13-18(30)10-11-24(17,3)26(19,28)21(31)14-25(20,27)4/h10-11,13,16,19-21,29,31H,5-9,12,14-15H2,1-4H3/t16-,19-,20-,21?,24-,25-,26-,27-/m0/s1. The van der Waals surface area contributed by atoms with Gasteiger partial charge in [-0.3, -0.25) is 14.4 Å². The predicted molar refractivity (Wildman–Crippen MR) is 123 cm³/mol. The lowest BCUT2D eigenvalue weighted by Gasteiger charge is -2.62. The van der Waals surface area contributed by atoms with Crippen LogP contribution in [0.4, 0.5) is 4.39 Å². The normalized spacial score (nSPS) is 45.1. The molecule has 4 aliphatic carbocycles. The van der Waals surface area contributed by atoms with Crippen LogP contribution in [0, 0.1) is 28.6 Å². The van der Waals surface area contributed by atoms with Crippen molar-refractivity contribution in [1.82, 2.24) is 0 Å². The number of esters is 1. The smallest absolute Gasteiger partial charge is 0.306 e. The Labute approximate surface area is 200 Å². The highest BCUT2D eigenvalue weighted by Gasteiger charge is 2.77. The molecule has 1 unspecified atom stereocenters. The van der Waals surface area contributed by atoms with E-state index in [-0.39, 0.29) is 24.5 Å². The molecule has 0 aromatic rings. The molecule has 188 valence electrons. The Balaban J connectivity index is 1.80. The second kappa shape index (κ2) is 8.37. The molecule has 3 fully saturated rings. The summed E-state index contributed by atoms with van der Waals surface area (Å²) < 4.78 is 23.3. The molecule has 0 aromatic carbocycles. The molecule has 34 heavy (non-hydrogen) atoms. The van der Waals surface area contributed by atoms with Crippen LogP contribution in [0.2, 0.25) is 0 Å². The maximum absolute atomic E-state index is 17.3. The number of unbranched alkanes of at least 4 members (excludes halogenated alkanes) is 1. The van der Waals surface area contributed by atoms with E-state index >= 15 is 4.39 Å². The van der Waals surface area contributed by atoms with Gasteiger partial charge in [0.1, 0.15) is 6.61 Å². The molecule has 0 radical (unpaired) electrons. The lowest BCUT2D eigenvalue weighted by molar-refractivity contribution is -0.228. The fourth-order valence-electron chi connectivity index (χ4n) is 8.07. The molecular weight excluding hydrogens is 439 g/mol. The highest BCUT2D eigenvalue weighted by Crippen LogP contribution is 2.71. The van der Waals surface area contributed by atoms with Gasteiger partial charge in [0.05, 0.1) is 6.10 Å². The molecule has 4 aliphatic rings. The van der Waals surface area contributed by atoms with Crippen molar-refractivity contribution >= 4 is 17.5 Å². The molecule has 0 amide bonds. The number of allylic oxidation sites excluding steroid dienone is 4. The lowest BCUT2D eigenvalue weighted by atomic mass is 9.44. The summed E-state index contributed by atoms with van der Waals surface area (Å²) >= 11 is 0. The van der Waals surface area contributed by atoms with E-state index in [1.807, 2.05) is 20.8 Å². The number of aliphatic hydroxyl groups excluding tert-OH is 2. The summed E-state index contributed by atoms with van der Waals surface area (Å²) in [4.78, 5) is 38.1. The molecular formula is C27H37FO6. The van der Waals surface area contributed by atoms with Gasteiger partial charge in [0.15, 0.2) is 17.1 Å². The molecule has 7 heteroatoms. The van der Waals surface area contributed by atoms with E-state index in [1.54, 1.807) is 13.0 Å². The summed E-state index contributed by atoms with van der Waals surface area (Å²) in [6.07, 6.45) is 5.92. The number of carbonyl (C=O) groups excluding carboxylic acids is 3. The van der Waals surface area contributed by atoms with Crippen LogP contribution in [0.1, 0.15) is 72.6 Å². The van der Waals surface area contributed by atoms with Gasteiger partial charge in [0, 0.05) is 29.1 Å². The maximum atomic E-state index is 17.3. The number of rotatable bonds is 6. The van der Waals surface area contributed by atoms with Crippen LogP contribution in [0.25, 0.3) is 0 Å². The van der Waals surface area contributed by atoms with Crippen LogP contribution in [0.3, 0.4) is 0 Å². The highest BCUT2D eigenvalue weighted by molar-refractivity contribution is 6.01. The number of Topliss-reactive ketones (excluding diaryl/α,β-unsaturated/α-hetero) is 1. The Kier molecular flexibility index (Phi) is 6.21. The van der Waals surface area contributed by atoms with Gasteiger partial charge in [-0.05, 0) is 57.1 Å². The summed E-state index contributed by atoms with van der Waals surface area (Å²) in [5, 5.41) is 21.4. The summed E-state index contributed by atoms with van der Waals surface area (Å²) in [5.74, 6) is -2.62. The Hall–Kier alpha value is -1.86. The van der Waals surface area contributed by atoms with Crippen molar-refractivity contribution in [3.8, 4) is 0 Å². The first-order valence-electron chi connectivity index (χ1n) is 12.6. The minimum absolute atomic E-state index is 0.0769. The number of fused-ring (bicyclic) bond motifs is 5. The molecule has 4 rings (SSSR count). The molecule has 0 aromatic heterocycles. The Morgan fingerprint density at radius 2 is 1.97 bits per heavy atom. The van der Waals surface area contributed by atoms with E-state index < -0.39 is 58.4 Å². The van der Waals surface area contributed by atoms with Crippen LogP contribution in [0.15, 0.2) is 23.8 Å². The summed E-state index contributed by atoms with van der Waals surface area (Å²) in [6, 6.07) is 0. The molecule has 3 saturated carbocycles. The molecule has 0 spiro atoms. The monoisotopic (exact) mass is 476 g/mol. The van der Waals surface area contributed by atoms with Gasteiger partial charge in [0.2, 0.25) is 5.78 Å². The number of ketones is 2. The van der Waals surface area contributed by atoms with Gasteiger partial charge < -0.3 is 14.9 Å². The number of carbonyl (C=O) groups is 3. The number of aliphatic hydroxyl groups is 2.